The van der Waals surface area contributed by atoms with Gasteiger partial charge in [-0.15, -0.1) is 0 Å². The van der Waals surface area contributed by atoms with Crippen molar-refractivity contribution in [1.82, 2.24) is 0 Å². The molecule has 0 bridgehead atoms. The molecular formula is C7H9FO2S. The van der Waals surface area contributed by atoms with E-state index in [1.807, 2.05) is 0 Å². The van der Waals surface area contributed by atoms with Gasteiger partial charge < -0.3 is 0 Å². The molecule has 0 aromatic carbocycles. The van der Waals surface area contributed by atoms with E-state index >= 15 is 0 Å². The molecule has 0 fully saturated rings. The van der Waals surface area contributed by atoms with Crippen molar-refractivity contribution in [2.45, 2.75) is 0 Å². The lowest BCUT2D eigenvalue weighted by Gasteiger charge is -1.95. The maximum absolute atomic E-state index is 12.1. The van der Waals surface area contributed by atoms with Crippen LogP contribution in [0.3, 0.4) is 0 Å². The van der Waals surface area contributed by atoms with Gasteiger partial charge in [-0.25, -0.2) is 12.8 Å². The number of hydrogen-bond donors (Lipinski definition) is 0. The Balaban J connectivity index is 5.00. The molecule has 4 heteroatoms. The Morgan fingerprint density at radius 3 is 2.09 bits per heavy atom. The summed E-state index contributed by atoms with van der Waals surface area (Å²) in [6.07, 6.45) is 2.87. The Morgan fingerprint density at radius 2 is 2.00 bits per heavy atom. The van der Waals surface area contributed by atoms with E-state index in [0.29, 0.717) is 0 Å². The van der Waals surface area contributed by atoms with Gasteiger partial charge in [-0.3, -0.25) is 0 Å². The molecule has 0 aromatic rings. The topological polar surface area (TPSA) is 34.1 Å². The first-order chi connectivity index (χ1) is 4.88. The van der Waals surface area contributed by atoms with Crippen molar-refractivity contribution in [2.75, 3.05) is 6.26 Å². The number of halogens is 1. The van der Waals surface area contributed by atoms with Crippen molar-refractivity contribution in [3.05, 3.63) is 36.0 Å². The Labute approximate surface area is 65.7 Å². The van der Waals surface area contributed by atoms with Crippen LogP contribution in [0.15, 0.2) is 36.0 Å². The average Bonchev–Trinajstić information content (AvgIpc) is 1.79. The quantitative estimate of drug-likeness (QED) is 0.612. The molecule has 0 radical (unpaired) electrons. The van der Waals surface area contributed by atoms with Crippen LogP contribution in [0.4, 0.5) is 4.39 Å². The first-order valence-electron chi connectivity index (χ1n) is 2.76. The number of sulfone groups is 1. The summed E-state index contributed by atoms with van der Waals surface area (Å²) in [6, 6.07) is 0. The normalized spacial score (nSPS) is 12.7. The van der Waals surface area contributed by atoms with E-state index < -0.39 is 15.7 Å². The Bertz CT molecular complexity index is 298. The van der Waals surface area contributed by atoms with Crippen LogP contribution in [0.1, 0.15) is 0 Å². The van der Waals surface area contributed by atoms with E-state index in [4.69, 9.17) is 0 Å². The smallest absolute Gasteiger partial charge is 0.175 e. The van der Waals surface area contributed by atoms with Gasteiger partial charge in [-0.05, 0) is 6.08 Å². The summed E-state index contributed by atoms with van der Waals surface area (Å²) < 4.78 is 33.6. The summed E-state index contributed by atoms with van der Waals surface area (Å²) in [5.74, 6) is -0.801. The zero-order valence-corrected chi connectivity index (χ0v) is 6.99. The van der Waals surface area contributed by atoms with E-state index in [1.165, 1.54) is 0 Å². The molecule has 0 unspecified atom stereocenters. The lowest BCUT2D eigenvalue weighted by molar-refractivity contribution is 0.607. The molecule has 0 saturated carbocycles. The van der Waals surface area contributed by atoms with E-state index in [2.05, 4.69) is 13.2 Å². The summed E-state index contributed by atoms with van der Waals surface area (Å²) >= 11 is 0. The fourth-order valence-electron chi connectivity index (χ4n) is 0.472. The van der Waals surface area contributed by atoms with Gasteiger partial charge >= 0.3 is 0 Å². The number of allylic oxidation sites excluding steroid dienone is 3. The highest BCUT2D eigenvalue weighted by Crippen LogP contribution is 2.08. The van der Waals surface area contributed by atoms with Crippen molar-refractivity contribution in [1.29, 1.82) is 0 Å². The van der Waals surface area contributed by atoms with Gasteiger partial charge in [-0.1, -0.05) is 19.2 Å². The van der Waals surface area contributed by atoms with Gasteiger partial charge in [0, 0.05) is 6.26 Å². The third-order valence-electron chi connectivity index (χ3n) is 0.928. The molecule has 0 rings (SSSR count). The van der Waals surface area contributed by atoms with Gasteiger partial charge in [0.2, 0.25) is 0 Å². The molecule has 11 heavy (non-hydrogen) atoms. The van der Waals surface area contributed by atoms with E-state index in [-0.39, 0.29) is 4.91 Å². The van der Waals surface area contributed by atoms with Crippen molar-refractivity contribution in [2.24, 2.45) is 0 Å². The third kappa shape index (κ3) is 3.72. The number of hydrogen-bond acceptors (Lipinski definition) is 2. The van der Waals surface area contributed by atoms with Crippen molar-refractivity contribution in [3.8, 4) is 0 Å². The zero-order chi connectivity index (χ0) is 9.07. The standard InChI is InChI=1S/C7H9FO2S/c1-4-7(5-6(2)8)11(3,9)10/h4-5H,1-2H2,3H3. The SMILES string of the molecule is C=CC(=CC(=C)F)S(C)(=O)=O. The van der Waals surface area contributed by atoms with Crippen LogP contribution in [0, 0.1) is 0 Å². The molecule has 62 valence electrons. The van der Waals surface area contributed by atoms with Crippen LogP contribution in [-0.2, 0) is 9.84 Å². The van der Waals surface area contributed by atoms with Crippen LogP contribution in [0.25, 0.3) is 0 Å². The summed E-state index contributed by atoms with van der Waals surface area (Å²) in [4.78, 5) is -0.162. The van der Waals surface area contributed by atoms with Crippen LogP contribution in [-0.4, -0.2) is 14.7 Å². The fourth-order valence-corrected chi connectivity index (χ4v) is 1.12. The molecule has 0 amide bonds. The molecule has 0 N–H and O–H groups in total. The summed E-state index contributed by atoms with van der Waals surface area (Å²) in [5, 5.41) is 0. The monoisotopic (exact) mass is 176 g/mol. The maximum Gasteiger partial charge on any atom is 0.175 e. The second kappa shape index (κ2) is 3.48. The predicted octanol–water partition coefficient (Wildman–Crippen LogP) is 1.58. The fraction of sp³-hybridized carbons (Fsp3) is 0.143. The van der Waals surface area contributed by atoms with Gasteiger partial charge in [0.1, 0.15) is 5.83 Å². The van der Waals surface area contributed by atoms with Crippen LogP contribution < -0.4 is 0 Å². The first-order valence-corrected chi connectivity index (χ1v) is 4.65. The van der Waals surface area contributed by atoms with E-state index in [1.54, 1.807) is 0 Å². The molecular weight excluding hydrogens is 167 g/mol. The second-order valence-corrected chi connectivity index (χ2v) is 3.99. The van der Waals surface area contributed by atoms with E-state index in [0.717, 1.165) is 18.4 Å². The first kappa shape index (κ1) is 10.1. The Hall–Kier alpha value is -0.900. The van der Waals surface area contributed by atoms with Crippen LogP contribution in [0.5, 0.6) is 0 Å². The molecule has 0 spiro atoms. The minimum atomic E-state index is -3.37. The van der Waals surface area contributed by atoms with Gasteiger partial charge in [0.25, 0.3) is 0 Å². The minimum Gasteiger partial charge on any atom is -0.224 e. The van der Waals surface area contributed by atoms with Crippen molar-refractivity contribution < 1.29 is 12.8 Å². The van der Waals surface area contributed by atoms with Gasteiger partial charge in [0.05, 0.1) is 4.91 Å². The average molecular weight is 176 g/mol. The lowest BCUT2D eigenvalue weighted by atomic mass is 10.4. The molecule has 0 aliphatic rings. The summed E-state index contributed by atoms with van der Waals surface area (Å²) in [7, 11) is -3.37. The highest BCUT2D eigenvalue weighted by atomic mass is 32.2. The molecule has 0 aliphatic carbocycles. The largest absolute Gasteiger partial charge is 0.224 e. The maximum atomic E-state index is 12.1. The zero-order valence-electron chi connectivity index (χ0n) is 6.17. The molecule has 0 atom stereocenters. The van der Waals surface area contributed by atoms with Crippen molar-refractivity contribution >= 4 is 9.84 Å². The second-order valence-electron chi connectivity index (χ2n) is 1.97. The van der Waals surface area contributed by atoms with Crippen molar-refractivity contribution in [3.63, 3.8) is 0 Å². The summed E-state index contributed by atoms with van der Waals surface area (Å²) in [6.45, 7) is 6.13. The third-order valence-corrected chi connectivity index (χ3v) is 2.07. The highest BCUT2D eigenvalue weighted by molar-refractivity contribution is 7.94. The van der Waals surface area contributed by atoms with E-state index in [9.17, 15) is 12.8 Å². The predicted molar refractivity (Wildman–Crippen MR) is 43.4 cm³/mol. The minimum absolute atomic E-state index is 0.162. The molecule has 0 heterocycles. The Morgan fingerprint density at radius 1 is 1.55 bits per heavy atom. The molecule has 0 saturated heterocycles. The molecule has 0 aromatic heterocycles. The van der Waals surface area contributed by atoms with Crippen LogP contribution >= 0.6 is 0 Å². The number of rotatable bonds is 3. The van der Waals surface area contributed by atoms with Crippen LogP contribution in [0.2, 0.25) is 0 Å². The summed E-state index contributed by atoms with van der Waals surface area (Å²) in [5.41, 5.74) is 0. The highest BCUT2D eigenvalue weighted by Gasteiger charge is 2.06. The Kier molecular flexibility index (Phi) is 3.19. The molecule has 0 aliphatic heterocycles. The van der Waals surface area contributed by atoms with Gasteiger partial charge in [0.15, 0.2) is 9.84 Å². The lowest BCUT2D eigenvalue weighted by Crippen LogP contribution is -1.97. The van der Waals surface area contributed by atoms with Gasteiger partial charge in [-0.2, -0.15) is 0 Å². The molecule has 2 nitrogen and oxygen atoms in total.